The van der Waals surface area contributed by atoms with E-state index in [2.05, 4.69) is 5.32 Å². The van der Waals surface area contributed by atoms with Crippen LogP contribution < -0.4 is 10.2 Å². The van der Waals surface area contributed by atoms with Gasteiger partial charge in [-0.05, 0) is 42.3 Å². The summed E-state index contributed by atoms with van der Waals surface area (Å²) in [6.45, 7) is 4.05. The zero-order chi connectivity index (χ0) is 22.8. The SMILES string of the molecule is Cc1c(Cl)cccc1N1C(=O)C(Cl)=C(Nc2ccc(CC(=O)N3CCOCC3)cc2)C1=O. The number of halogens is 2. The highest BCUT2D eigenvalue weighted by atomic mass is 35.5. The van der Waals surface area contributed by atoms with E-state index in [0.29, 0.717) is 48.3 Å². The van der Waals surface area contributed by atoms with E-state index < -0.39 is 11.8 Å². The molecule has 7 nitrogen and oxygen atoms in total. The van der Waals surface area contributed by atoms with Crippen LogP contribution in [0.2, 0.25) is 5.02 Å². The van der Waals surface area contributed by atoms with Gasteiger partial charge in [0.15, 0.2) is 0 Å². The van der Waals surface area contributed by atoms with E-state index >= 15 is 0 Å². The zero-order valence-electron chi connectivity index (χ0n) is 17.4. The minimum atomic E-state index is -0.614. The van der Waals surface area contributed by atoms with Gasteiger partial charge in [-0.25, -0.2) is 4.90 Å². The van der Waals surface area contributed by atoms with Crippen LogP contribution in [-0.2, 0) is 25.5 Å². The Morgan fingerprint density at radius 1 is 1.03 bits per heavy atom. The highest BCUT2D eigenvalue weighted by molar-refractivity contribution is 6.53. The van der Waals surface area contributed by atoms with Gasteiger partial charge in [-0.2, -0.15) is 0 Å². The maximum absolute atomic E-state index is 13.0. The van der Waals surface area contributed by atoms with Crippen LogP contribution in [0.4, 0.5) is 11.4 Å². The lowest BCUT2D eigenvalue weighted by Crippen LogP contribution is -2.41. The Morgan fingerprint density at radius 2 is 1.72 bits per heavy atom. The van der Waals surface area contributed by atoms with Crippen LogP contribution in [0.3, 0.4) is 0 Å². The van der Waals surface area contributed by atoms with Crippen molar-refractivity contribution in [2.75, 3.05) is 36.5 Å². The van der Waals surface area contributed by atoms with Gasteiger partial charge in [-0.3, -0.25) is 14.4 Å². The van der Waals surface area contributed by atoms with Crippen molar-refractivity contribution < 1.29 is 19.1 Å². The largest absolute Gasteiger partial charge is 0.378 e. The molecule has 4 rings (SSSR count). The first-order valence-corrected chi connectivity index (χ1v) is 10.9. The molecule has 2 heterocycles. The first-order valence-electron chi connectivity index (χ1n) is 10.1. The maximum atomic E-state index is 13.0. The number of nitrogens with one attached hydrogen (secondary N) is 1. The Kier molecular flexibility index (Phi) is 6.50. The van der Waals surface area contributed by atoms with Crippen LogP contribution in [0.25, 0.3) is 0 Å². The molecular formula is C23H21Cl2N3O4. The van der Waals surface area contributed by atoms with E-state index in [1.165, 1.54) is 0 Å². The highest BCUT2D eigenvalue weighted by Gasteiger charge is 2.39. The van der Waals surface area contributed by atoms with Gasteiger partial charge in [0.1, 0.15) is 10.7 Å². The van der Waals surface area contributed by atoms with E-state index in [4.69, 9.17) is 27.9 Å². The second-order valence-electron chi connectivity index (χ2n) is 7.51. The summed E-state index contributed by atoms with van der Waals surface area (Å²) >= 11 is 12.4. The van der Waals surface area contributed by atoms with E-state index in [1.54, 1.807) is 54.3 Å². The molecule has 1 fully saturated rings. The summed E-state index contributed by atoms with van der Waals surface area (Å²) in [6, 6.07) is 12.1. The first-order chi connectivity index (χ1) is 15.4. The summed E-state index contributed by atoms with van der Waals surface area (Å²) in [5.74, 6) is -1.13. The second kappa shape index (κ2) is 9.32. The van der Waals surface area contributed by atoms with Crippen LogP contribution in [0, 0.1) is 6.92 Å². The molecule has 2 aromatic carbocycles. The number of imide groups is 1. The van der Waals surface area contributed by atoms with Crippen molar-refractivity contribution in [2.45, 2.75) is 13.3 Å². The van der Waals surface area contributed by atoms with Gasteiger partial charge in [0.2, 0.25) is 5.91 Å². The minimum Gasteiger partial charge on any atom is -0.378 e. The number of hydrogen-bond acceptors (Lipinski definition) is 5. The number of ether oxygens (including phenoxy) is 1. The molecule has 0 saturated carbocycles. The van der Waals surface area contributed by atoms with Crippen molar-refractivity contribution in [3.05, 3.63) is 69.3 Å². The molecule has 2 aromatic rings. The van der Waals surface area contributed by atoms with Crippen molar-refractivity contribution in [2.24, 2.45) is 0 Å². The Hall–Kier alpha value is -2.87. The molecule has 0 spiro atoms. The fraction of sp³-hybridized carbons (Fsp3) is 0.261. The van der Waals surface area contributed by atoms with Gasteiger partial charge in [-0.1, -0.05) is 41.4 Å². The summed E-state index contributed by atoms with van der Waals surface area (Å²) in [4.78, 5) is 40.9. The number of rotatable bonds is 5. The molecule has 2 aliphatic heterocycles. The van der Waals surface area contributed by atoms with Crippen molar-refractivity contribution in [1.82, 2.24) is 4.90 Å². The number of anilines is 2. The van der Waals surface area contributed by atoms with E-state index in [-0.39, 0.29) is 23.1 Å². The normalized spacial score (nSPS) is 16.7. The number of amides is 3. The van der Waals surface area contributed by atoms with Gasteiger partial charge >= 0.3 is 0 Å². The molecule has 0 radical (unpaired) electrons. The van der Waals surface area contributed by atoms with Crippen LogP contribution in [0.15, 0.2) is 53.2 Å². The molecule has 32 heavy (non-hydrogen) atoms. The third-order valence-corrected chi connectivity index (χ3v) is 6.21. The van der Waals surface area contributed by atoms with Crippen molar-refractivity contribution >= 4 is 52.3 Å². The van der Waals surface area contributed by atoms with Crippen LogP contribution >= 0.6 is 23.2 Å². The fourth-order valence-corrected chi connectivity index (χ4v) is 4.00. The molecule has 9 heteroatoms. The monoisotopic (exact) mass is 473 g/mol. The van der Waals surface area contributed by atoms with Crippen LogP contribution in [0.5, 0.6) is 0 Å². The molecule has 1 saturated heterocycles. The van der Waals surface area contributed by atoms with E-state index in [1.807, 2.05) is 0 Å². The Bertz CT molecular complexity index is 1110. The van der Waals surface area contributed by atoms with Gasteiger partial charge in [0, 0.05) is 23.8 Å². The number of morpholine rings is 1. The smallest absolute Gasteiger partial charge is 0.283 e. The fourth-order valence-electron chi connectivity index (χ4n) is 3.62. The van der Waals surface area contributed by atoms with E-state index in [0.717, 1.165) is 10.5 Å². The lowest BCUT2D eigenvalue weighted by Gasteiger charge is -2.26. The number of carbonyl (C=O) groups excluding carboxylic acids is 3. The quantitative estimate of drug-likeness (QED) is 0.672. The molecule has 0 bridgehead atoms. The molecule has 166 valence electrons. The average molecular weight is 474 g/mol. The minimum absolute atomic E-state index is 0.00631. The number of benzene rings is 2. The lowest BCUT2D eigenvalue weighted by molar-refractivity contribution is -0.134. The predicted octanol–water partition coefficient (Wildman–Crippen LogP) is 3.49. The van der Waals surface area contributed by atoms with Crippen molar-refractivity contribution in [1.29, 1.82) is 0 Å². The third kappa shape index (κ3) is 4.37. The van der Waals surface area contributed by atoms with Crippen molar-refractivity contribution in [3.63, 3.8) is 0 Å². The number of nitrogens with zero attached hydrogens (tertiary/aromatic N) is 2. The summed E-state index contributed by atoms with van der Waals surface area (Å²) in [6.07, 6.45) is 0.281. The molecule has 0 unspecified atom stereocenters. The van der Waals surface area contributed by atoms with E-state index in [9.17, 15) is 14.4 Å². The Balaban J connectivity index is 1.46. The molecule has 3 amide bonds. The number of hydrogen-bond donors (Lipinski definition) is 1. The summed E-state index contributed by atoms with van der Waals surface area (Å²) in [5.41, 5.74) is 2.41. The number of carbonyl (C=O) groups is 3. The average Bonchev–Trinajstić information content (AvgIpc) is 3.01. The third-order valence-electron chi connectivity index (χ3n) is 5.45. The van der Waals surface area contributed by atoms with Gasteiger partial charge in [0.25, 0.3) is 11.8 Å². The standard InChI is InChI=1S/C23H21Cl2N3O4/c1-14-17(24)3-2-4-18(14)28-22(30)20(25)21(23(28)31)26-16-7-5-15(6-8-16)13-19(29)27-9-11-32-12-10-27/h2-8,26H,9-13H2,1H3. The molecule has 0 atom stereocenters. The molecule has 0 aromatic heterocycles. The topological polar surface area (TPSA) is 79.0 Å². The second-order valence-corrected chi connectivity index (χ2v) is 8.30. The van der Waals surface area contributed by atoms with Crippen LogP contribution in [0.1, 0.15) is 11.1 Å². The maximum Gasteiger partial charge on any atom is 0.283 e. The first kappa shape index (κ1) is 22.3. The molecule has 0 aliphatic carbocycles. The van der Waals surface area contributed by atoms with Gasteiger partial charge < -0.3 is 15.0 Å². The van der Waals surface area contributed by atoms with Crippen molar-refractivity contribution in [3.8, 4) is 0 Å². The Labute approximate surface area is 195 Å². The van der Waals surface area contributed by atoms with Gasteiger partial charge in [0.05, 0.1) is 25.3 Å². The molecule has 2 aliphatic rings. The lowest BCUT2D eigenvalue weighted by atomic mass is 10.1. The summed E-state index contributed by atoms with van der Waals surface area (Å²) < 4.78 is 5.27. The molecule has 1 N–H and O–H groups in total. The highest BCUT2D eigenvalue weighted by Crippen LogP contribution is 2.34. The van der Waals surface area contributed by atoms with Crippen LogP contribution in [-0.4, -0.2) is 48.9 Å². The zero-order valence-corrected chi connectivity index (χ0v) is 18.9. The molecular weight excluding hydrogens is 453 g/mol. The Morgan fingerprint density at radius 3 is 2.41 bits per heavy atom. The van der Waals surface area contributed by atoms with Gasteiger partial charge in [-0.15, -0.1) is 0 Å². The predicted molar refractivity (Wildman–Crippen MR) is 123 cm³/mol. The summed E-state index contributed by atoms with van der Waals surface area (Å²) in [5, 5.41) is 3.19. The summed E-state index contributed by atoms with van der Waals surface area (Å²) in [7, 11) is 0.